The van der Waals surface area contributed by atoms with Gasteiger partial charge in [-0.15, -0.1) is 0 Å². The zero-order chi connectivity index (χ0) is 30.0. The minimum absolute atomic E-state index is 0.00105. The number of amides is 1. The molecule has 2 heterocycles. The third kappa shape index (κ3) is 5.86. The standard InChI is InChI=1S/C22H27F8N3O6S/c23-17(24)21(27,28)22(29,30)20(25,26)14-39-13-15-1-3-16(4-2-15)32-7-9-33(10-8-32)40(36,37)19(18(34)31-35)5-11-38-12-6-19/h1-4,17,35H,5-14H2,(H,31,34). The Morgan fingerprint density at radius 1 is 1.02 bits per heavy atom. The first-order valence-corrected chi connectivity index (χ1v) is 13.3. The maximum absolute atomic E-state index is 13.6. The molecule has 0 aliphatic carbocycles. The topological polar surface area (TPSA) is 108 Å². The number of halogens is 8. The first kappa shape index (κ1) is 32.2. The summed E-state index contributed by atoms with van der Waals surface area (Å²) in [4.78, 5) is 14.1. The van der Waals surface area contributed by atoms with E-state index in [1.54, 1.807) is 4.90 Å². The monoisotopic (exact) mass is 613 g/mol. The van der Waals surface area contributed by atoms with E-state index in [1.807, 2.05) is 0 Å². The summed E-state index contributed by atoms with van der Waals surface area (Å²) in [5, 5.41) is 9.14. The Labute approximate surface area is 224 Å². The first-order chi connectivity index (χ1) is 18.5. The predicted molar refractivity (Wildman–Crippen MR) is 122 cm³/mol. The van der Waals surface area contributed by atoms with Crippen LogP contribution in [0.5, 0.6) is 0 Å². The molecule has 2 saturated heterocycles. The highest BCUT2D eigenvalue weighted by molar-refractivity contribution is 7.91. The van der Waals surface area contributed by atoms with Crippen molar-refractivity contribution >= 4 is 21.6 Å². The summed E-state index contributed by atoms with van der Waals surface area (Å²) in [6.45, 7) is -2.51. The first-order valence-electron chi connectivity index (χ1n) is 11.9. The van der Waals surface area contributed by atoms with Crippen LogP contribution in [0.2, 0.25) is 0 Å². The number of sulfonamides is 1. The van der Waals surface area contributed by atoms with Crippen molar-refractivity contribution in [1.29, 1.82) is 0 Å². The molecule has 2 fully saturated rings. The van der Waals surface area contributed by atoms with Gasteiger partial charge in [0.2, 0.25) is 10.0 Å². The molecule has 228 valence electrons. The van der Waals surface area contributed by atoms with E-state index < -0.39 is 58.1 Å². The Bertz CT molecular complexity index is 1130. The summed E-state index contributed by atoms with van der Waals surface area (Å²) < 4.78 is 140. The number of piperazine rings is 1. The van der Waals surface area contributed by atoms with Gasteiger partial charge in [0, 0.05) is 57.9 Å². The average molecular weight is 614 g/mol. The Morgan fingerprint density at radius 3 is 2.08 bits per heavy atom. The molecular formula is C22H27F8N3O6S. The highest BCUT2D eigenvalue weighted by Gasteiger charge is 2.75. The second kappa shape index (κ2) is 11.9. The lowest BCUT2D eigenvalue weighted by Crippen LogP contribution is -2.62. The number of nitrogens with one attached hydrogen (secondary N) is 1. The molecule has 9 nitrogen and oxygen atoms in total. The normalized spacial score (nSPS) is 19.6. The van der Waals surface area contributed by atoms with Crippen LogP contribution >= 0.6 is 0 Å². The SMILES string of the molecule is O=C(NO)C1(S(=O)(=O)N2CCN(c3ccc(COCC(F)(F)C(F)(F)C(F)(F)C(F)F)cc3)CC2)CCOCC1. The number of hydroxylamine groups is 1. The molecule has 18 heteroatoms. The fourth-order valence-electron chi connectivity index (χ4n) is 4.41. The molecule has 1 aromatic carbocycles. The molecule has 0 spiro atoms. The molecule has 0 saturated carbocycles. The van der Waals surface area contributed by atoms with Crippen molar-refractivity contribution in [3.05, 3.63) is 29.8 Å². The molecule has 3 rings (SSSR count). The molecule has 0 bridgehead atoms. The van der Waals surface area contributed by atoms with Crippen LogP contribution in [0, 0.1) is 0 Å². The summed E-state index contributed by atoms with van der Waals surface area (Å²) in [5.41, 5.74) is 2.19. The van der Waals surface area contributed by atoms with E-state index in [1.165, 1.54) is 29.7 Å². The Morgan fingerprint density at radius 2 is 1.57 bits per heavy atom. The van der Waals surface area contributed by atoms with Gasteiger partial charge in [-0.25, -0.2) is 22.7 Å². The third-order valence-corrected chi connectivity index (χ3v) is 9.52. The average Bonchev–Trinajstić information content (AvgIpc) is 2.93. The predicted octanol–water partition coefficient (Wildman–Crippen LogP) is 2.88. The fraction of sp³-hybridized carbons (Fsp3) is 0.682. The lowest BCUT2D eigenvalue weighted by molar-refractivity contribution is -0.346. The quantitative estimate of drug-likeness (QED) is 0.225. The zero-order valence-electron chi connectivity index (χ0n) is 20.8. The fourth-order valence-corrected chi connectivity index (χ4v) is 6.51. The molecule has 0 aromatic heterocycles. The lowest BCUT2D eigenvalue weighted by Gasteiger charge is -2.42. The van der Waals surface area contributed by atoms with Gasteiger partial charge in [0.15, 0.2) is 4.75 Å². The number of carbonyl (C=O) groups is 1. The number of carbonyl (C=O) groups excluding carboxylic acids is 1. The van der Waals surface area contributed by atoms with Gasteiger partial charge in [0.25, 0.3) is 5.91 Å². The number of anilines is 1. The molecule has 0 radical (unpaired) electrons. The second-order valence-corrected chi connectivity index (χ2v) is 11.5. The zero-order valence-corrected chi connectivity index (χ0v) is 21.6. The van der Waals surface area contributed by atoms with Crippen LogP contribution < -0.4 is 10.4 Å². The number of alkyl halides is 8. The molecular weight excluding hydrogens is 586 g/mol. The highest BCUT2D eigenvalue weighted by atomic mass is 32.2. The smallest absolute Gasteiger partial charge is 0.380 e. The highest BCUT2D eigenvalue weighted by Crippen LogP contribution is 2.48. The van der Waals surface area contributed by atoms with Gasteiger partial charge in [0.1, 0.15) is 6.61 Å². The van der Waals surface area contributed by atoms with E-state index in [0.717, 1.165) is 4.31 Å². The van der Waals surface area contributed by atoms with Crippen LogP contribution in [0.4, 0.5) is 40.8 Å². The van der Waals surface area contributed by atoms with E-state index in [9.17, 15) is 48.3 Å². The second-order valence-electron chi connectivity index (χ2n) is 9.30. The Kier molecular flexibility index (Phi) is 9.60. The molecule has 2 aliphatic heterocycles. The number of hydrogen-bond acceptors (Lipinski definition) is 7. The number of nitrogens with zero attached hydrogens (tertiary/aromatic N) is 2. The minimum Gasteiger partial charge on any atom is -0.381 e. The van der Waals surface area contributed by atoms with Crippen molar-refractivity contribution in [2.45, 2.75) is 48.4 Å². The van der Waals surface area contributed by atoms with E-state index in [0.29, 0.717) is 5.69 Å². The number of benzene rings is 1. The van der Waals surface area contributed by atoms with E-state index in [-0.39, 0.29) is 57.8 Å². The molecule has 40 heavy (non-hydrogen) atoms. The summed E-state index contributed by atoms with van der Waals surface area (Å²) in [5.74, 6) is -19.2. The van der Waals surface area contributed by atoms with Crippen LogP contribution in [0.25, 0.3) is 0 Å². The molecule has 1 amide bonds. The summed E-state index contributed by atoms with van der Waals surface area (Å²) in [7, 11) is -4.18. The molecule has 0 unspecified atom stereocenters. The van der Waals surface area contributed by atoms with Gasteiger partial charge < -0.3 is 14.4 Å². The molecule has 0 atom stereocenters. The van der Waals surface area contributed by atoms with Crippen LogP contribution in [0.15, 0.2) is 24.3 Å². The van der Waals surface area contributed by atoms with Crippen molar-refractivity contribution in [3.8, 4) is 0 Å². The van der Waals surface area contributed by atoms with Crippen LogP contribution in [-0.4, -0.2) is 98.8 Å². The number of hydrogen-bond donors (Lipinski definition) is 2. The van der Waals surface area contributed by atoms with Crippen LogP contribution in [0.1, 0.15) is 18.4 Å². The lowest BCUT2D eigenvalue weighted by atomic mass is 9.98. The van der Waals surface area contributed by atoms with Gasteiger partial charge in [-0.05, 0) is 17.7 Å². The van der Waals surface area contributed by atoms with Gasteiger partial charge in [-0.2, -0.15) is 30.6 Å². The van der Waals surface area contributed by atoms with Crippen LogP contribution in [0.3, 0.4) is 0 Å². The Balaban J connectivity index is 1.58. The van der Waals surface area contributed by atoms with Gasteiger partial charge >= 0.3 is 24.2 Å². The maximum atomic E-state index is 13.6. The van der Waals surface area contributed by atoms with Crippen molar-refractivity contribution in [1.82, 2.24) is 9.79 Å². The van der Waals surface area contributed by atoms with Crippen molar-refractivity contribution in [2.24, 2.45) is 0 Å². The van der Waals surface area contributed by atoms with Crippen molar-refractivity contribution < 1.29 is 63.0 Å². The number of ether oxygens (including phenoxy) is 2. The van der Waals surface area contributed by atoms with E-state index in [2.05, 4.69) is 4.74 Å². The number of rotatable bonds is 11. The van der Waals surface area contributed by atoms with Gasteiger partial charge in [-0.1, -0.05) is 12.1 Å². The minimum atomic E-state index is -6.35. The van der Waals surface area contributed by atoms with E-state index in [4.69, 9.17) is 9.94 Å². The van der Waals surface area contributed by atoms with Crippen molar-refractivity contribution in [3.63, 3.8) is 0 Å². The van der Waals surface area contributed by atoms with Gasteiger partial charge in [0.05, 0.1) is 6.61 Å². The summed E-state index contributed by atoms with van der Waals surface area (Å²) in [6.07, 6.45) is -5.28. The van der Waals surface area contributed by atoms with E-state index >= 15 is 0 Å². The van der Waals surface area contributed by atoms with Crippen LogP contribution in [-0.2, 0) is 30.9 Å². The molecule has 2 N–H and O–H groups in total. The van der Waals surface area contributed by atoms with Gasteiger partial charge in [-0.3, -0.25) is 10.0 Å². The Hall–Kier alpha value is -2.28. The van der Waals surface area contributed by atoms with Crippen molar-refractivity contribution in [2.75, 3.05) is 50.9 Å². The summed E-state index contributed by atoms with van der Waals surface area (Å²) in [6, 6.07) is 5.73. The molecule has 2 aliphatic rings. The maximum Gasteiger partial charge on any atom is 0.380 e. The largest absolute Gasteiger partial charge is 0.381 e. The summed E-state index contributed by atoms with van der Waals surface area (Å²) >= 11 is 0. The molecule has 1 aromatic rings. The third-order valence-electron chi connectivity index (χ3n) is 6.89.